The van der Waals surface area contributed by atoms with E-state index in [1.54, 1.807) is 36.4 Å². The first-order valence-electron chi connectivity index (χ1n) is 10.1. The minimum Gasteiger partial charge on any atom is -0.493 e. The number of carbonyl (C=O) groups is 1. The van der Waals surface area contributed by atoms with Gasteiger partial charge in [0.05, 0.1) is 12.0 Å². The second kappa shape index (κ2) is 9.58. The molecule has 8 nitrogen and oxygen atoms in total. The molecule has 4 aromatic rings. The quantitative estimate of drug-likeness (QED) is 0.382. The van der Waals surface area contributed by atoms with Gasteiger partial charge >= 0.3 is 0 Å². The van der Waals surface area contributed by atoms with Gasteiger partial charge in [0.15, 0.2) is 11.3 Å². The number of nitrogens with one attached hydrogen (secondary N) is 2. The fourth-order valence-electron chi connectivity index (χ4n) is 3.22. The SMILES string of the molecule is COc1cccc2cc(C(=O)Nc3cccc(C)c3)/c(=N/NS(=O)(=O)c3ccc(Cl)cc3)oc12. The molecule has 1 aromatic heterocycles. The summed E-state index contributed by atoms with van der Waals surface area (Å²) >= 11 is 5.84. The zero-order chi connectivity index (χ0) is 24.3. The second-order valence-electron chi connectivity index (χ2n) is 7.33. The zero-order valence-corrected chi connectivity index (χ0v) is 19.8. The number of carbonyl (C=O) groups excluding carboxylic acids is 1. The van der Waals surface area contributed by atoms with Crippen LogP contribution in [-0.4, -0.2) is 21.4 Å². The third-order valence-electron chi connectivity index (χ3n) is 4.87. The van der Waals surface area contributed by atoms with Crippen LogP contribution in [0, 0.1) is 6.92 Å². The third-order valence-corrected chi connectivity index (χ3v) is 6.35. The number of methoxy groups -OCH3 is 1. The van der Waals surface area contributed by atoms with Crippen molar-refractivity contribution in [2.45, 2.75) is 11.8 Å². The molecule has 4 rings (SSSR count). The number of benzene rings is 3. The topological polar surface area (TPSA) is 110 Å². The molecule has 0 saturated heterocycles. The number of anilines is 1. The highest BCUT2D eigenvalue weighted by atomic mass is 35.5. The van der Waals surface area contributed by atoms with Gasteiger partial charge in [-0.05, 0) is 61.0 Å². The van der Waals surface area contributed by atoms with Crippen LogP contribution in [0.3, 0.4) is 0 Å². The van der Waals surface area contributed by atoms with Crippen LogP contribution in [-0.2, 0) is 10.0 Å². The van der Waals surface area contributed by atoms with Gasteiger partial charge in [-0.15, -0.1) is 5.10 Å². The number of sulfonamides is 1. The van der Waals surface area contributed by atoms with E-state index in [9.17, 15) is 13.2 Å². The highest BCUT2D eigenvalue weighted by Gasteiger charge is 2.17. The molecule has 0 saturated carbocycles. The summed E-state index contributed by atoms with van der Waals surface area (Å²) in [6, 6.07) is 19.6. The van der Waals surface area contributed by atoms with E-state index in [4.69, 9.17) is 20.8 Å². The third kappa shape index (κ3) is 5.05. The predicted molar refractivity (Wildman–Crippen MR) is 129 cm³/mol. The minimum atomic E-state index is -4.05. The van der Waals surface area contributed by atoms with E-state index in [-0.39, 0.29) is 16.0 Å². The Hall–Kier alpha value is -3.82. The fraction of sp³-hybridized carbons (Fsp3) is 0.0833. The molecule has 174 valence electrons. The van der Waals surface area contributed by atoms with Crippen LogP contribution >= 0.6 is 11.6 Å². The van der Waals surface area contributed by atoms with Gasteiger partial charge in [0.1, 0.15) is 5.56 Å². The molecule has 0 aliphatic carbocycles. The number of halogens is 1. The van der Waals surface area contributed by atoms with E-state index in [0.29, 0.717) is 27.4 Å². The van der Waals surface area contributed by atoms with Crippen LogP contribution in [0.25, 0.3) is 11.0 Å². The van der Waals surface area contributed by atoms with Crippen molar-refractivity contribution in [1.82, 2.24) is 4.83 Å². The number of fused-ring (bicyclic) bond motifs is 1. The second-order valence-corrected chi connectivity index (χ2v) is 9.43. The van der Waals surface area contributed by atoms with Crippen LogP contribution in [0.1, 0.15) is 15.9 Å². The maximum Gasteiger partial charge on any atom is 0.276 e. The molecule has 3 aromatic carbocycles. The number of nitrogens with zero attached hydrogens (tertiary/aromatic N) is 1. The Morgan fingerprint density at radius 2 is 1.76 bits per heavy atom. The first-order chi connectivity index (χ1) is 16.3. The number of ether oxygens (including phenoxy) is 1. The number of hydrogen-bond donors (Lipinski definition) is 2. The molecule has 0 spiro atoms. The minimum absolute atomic E-state index is 0.0288. The summed E-state index contributed by atoms with van der Waals surface area (Å²) < 4.78 is 36.6. The molecule has 2 N–H and O–H groups in total. The van der Waals surface area contributed by atoms with Crippen LogP contribution in [0.2, 0.25) is 5.02 Å². The van der Waals surface area contributed by atoms with Gasteiger partial charge in [-0.25, -0.2) is 0 Å². The Balaban J connectivity index is 1.80. The standard InChI is InChI=1S/C24H20ClN3O5S/c1-15-5-3-7-18(13-15)26-23(29)20-14-16-6-4-8-21(32-2)22(16)33-24(20)27-28-34(30,31)19-11-9-17(25)10-12-19/h3-14,28H,1-2H3,(H,26,29)/b27-24-. The maximum absolute atomic E-state index is 13.1. The van der Waals surface area contributed by atoms with Crippen molar-refractivity contribution in [1.29, 1.82) is 0 Å². The van der Waals surface area contributed by atoms with Crippen molar-refractivity contribution in [2.24, 2.45) is 5.10 Å². The average molecular weight is 498 g/mol. The smallest absolute Gasteiger partial charge is 0.276 e. The Kier molecular flexibility index (Phi) is 6.58. The first-order valence-corrected chi connectivity index (χ1v) is 11.9. The summed E-state index contributed by atoms with van der Waals surface area (Å²) in [6.45, 7) is 1.90. The van der Waals surface area contributed by atoms with Crippen molar-refractivity contribution in [3.8, 4) is 5.75 Å². The Morgan fingerprint density at radius 3 is 2.47 bits per heavy atom. The average Bonchev–Trinajstić information content (AvgIpc) is 2.82. The van der Waals surface area contributed by atoms with Crippen molar-refractivity contribution in [3.63, 3.8) is 0 Å². The van der Waals surface area contributed by atoms with Gasteiger partial charge < -0.3 is 14.5 Å². The van der Waals surface area contributed by atoms with Crippen molar-refractivity contribution in [2.75, 3.05) is 12.4 Å². The van der Waals surface area contributed by atoms with Crippen molar-refractivity contribution in [3.05, 3.63) is 94.5 Å². The van der Waals surface area contributed by atoms with E-state index >= 15 is 0 Å². The molecule has 0 fully saturated rings. The number of aryl methyl sites for hydroxylation is 1. The van der Waals surface area contributed by atoms with Crippen LogP contribution in [0.15, 0.2) is 87.2 Å². The lowest BCUT2D eigenvalue weighted by Gasteiger charge is -2.09. The molecule has 0 aliphatic rings. The van der Waals surface area contributed by atoms with E-state index in [2.05, 4.69) is 15.2 Å². The van der Waals surface area contributed by atoms with Gasteiger partial charge in [0.2, 0.25) is 5.55 Å². The zero-order valence-electron chi connectivity index (χ0n) is 18.2. The van der Waals surface area contributed by atoms with Gasteiger partial charge in [-0.3, -0.25) is 4.79 Å². The Bertz CT molecular complexity index is 1550. The summed E-state index contributed by atoms with van der Waals surface area (Å²) in [6.07, 6.45) is 0. The molecule has 0 aliphatic heterocycles. The summed E-state index contributed by atoms with van der Waals surface area (Å²) in [5.74, 6) is -0.122. The summed E-state index contributed by atoms with van der Waals surface area (Å²) in [5, 5.41) is 7.68. The molecule has 0 radical (unpaired) electrons. The predicted octanol–water partition coefficient (Wildman–Crippen LogP) is 4.45. The molecular formula is C24H20ClN3O5S. The van der Waals surface area contributed by atoms with E-state index < -0.39 is 15.9 Å². The van der Waals surface area contributed by atoms with Crippen LogP contribution < -0.4 is 20.4 Å². The maximum atomic E-state index is 13.1. The Labute approximate surface area is 200 Å². The fourth-order valence-corrected chi connectivity index (χ4v) is 4.15. The number of para-hydroxylation sites is 1. The molecule has 0 unspecified atom stereocenters. The number of rotatable bonds is 6. The van der Waals surface area contributed by atoms with E-state index in [1.165, 1.54) is 31.4 Å². The van der Waals surface area contributed by atoms with Crippen molar-refractivity contribution >= 4 is 44.2 Å². The van der Waals surface area contributed by atoms with Gasteiger partial charge in [0.25, 0.3) is 15.9 Å². The largest absolute Gasteiger partial charge is 0.493 e. The summed E-state index contributed by atoms with van der Waals surface area (Å²) in [7, 11) is -2.57. The van der Waals surface area contributed by atoms with Gasteiger partial charge in [-0.2, -0.15) is 13.2 Å². The lowest BCUT2D eigenvalue weighted by atomic mass is 10.1. The van der Waals surface area contributed by atoms with E-state index in [1.807, 2.05) is 19.1 Å². The molecule has 1 heterocycles. The lowest BCUT2D eigenvalue weighted by Crippen LogP contribution is -2.27. The number of amides is 1. The van der Waals surface area contributed by atoms with Crippen molar-refractivity contribution < 1.29 is 22.4 Å². The highest BCUT2D eigenvalue weighted by molar-refractivity contribution is 7.89. The molecule has 10 heteroatoms. The molecule has 0 bridgehead atoms. The lowest BCUT2D eigenvalue weighted by molar-refractivity contribution is 0.102. The molecule has 0 atom stereocenters. The molecule has 34 heavy (non-hydrogen) atoms. The van der Waals surface area contributed by atoms with Gasteiger partial charge in [-0.1, -0.05) is 35.9 Å². The summed E-state index contributed by atoms with van der Waals surface area (Å²) in [4.78, 5) is 15.2. The normalized spacial score (nSPS) is 11.9. The molecular weight excluding hydrogens is 478 g/mol. The highest BCUT2D eigenvalue weighted by Crippen LogP contribution is 2.25. The first kappa shape index (κ1) is 23.3. The van der Waals surface area contributed by atoms with E-state index in [0.717, 1.165) is 5.56 Å². The summed E-state index contributed by atoms with van der Waals surface area (Å²) in [5.41, 5.74) is 1.64. The van der Waals surface area contributed by atoms with Crippen LogP contribution in [0.5, 0.6) is 5.75 Å². The number of hydrogen-bond acceptors (Lipinski definition) is 6. The monoisotopic (exact) mass is 497 g/mol. The van der Waals surface area contributed by atoms with Gasteiger partial charge in [0, 0.05) is 16.1 Å². The molecule has 1 amide bonds. The van der Waals surface area contributed by atoms with Crippen LogP contribution in [0.4, 0.5) is 5.69 Å². The Morgan fingerprint density at radius 1 is 1.03 bits per heavy atom.